The number of para-hydroxylation sites is 2. The maximum Gasteiger partial charge on any atom is 0.269 e. The second kappa shape index (κ2) is 9.61. The van der Waals surface area contributed by atoms with Gasteiger partial charge in [0.1, 0.15) is 5.82 Å². The molecule has 0 unspecified atom stereocenters. The van der Waals surface area contributed by atoms with E-state index in [9.17, 15) is 14.0 Å². The minimum Gasteiger partial charge on any atom is -0.357 e. The van der Waals surface area contributed by atoms with Gasteiger partial charge in [-0.2, -0.15) is 0 Å². The molecule has 2 aliphatic rings. The number of hydrogen-bond acceptors (Lipinski definition) is 4. The lowest BCUT2D eigenvalue weighted by Gasteiger charge is -2.35. The second-order valence-corrected chi connectivity index (χ2v) is 10.5. The van der Waals surface area contributed by atoms with Gasteiger partial charge in [-0.1, -0.05) is 60.1 Å². The van der Waals surface area contributed by atoms with Crippen molar-refractivity contribution >= 4 is 46.0 Å². The summed E-state index contributed by atoms with van der Waals surface area (Å²) in [7, 11) is 0. The number of carbonyl (C=O) groups is 2. The Morgan fingerprint density at radius 3 is 2.46 bits per heavy atom. The van der Waals surface area contributed by atoms with Crippen LogP contribution in [0.15, 0.2) is 102 Å². The first-order valence-electron chi connectivity index (χ1n) is 12.0. The molecule has 0 fully saturated rings. The van der Waals surface area contributed by atoms with Crippen molar-refractivity contribution in [2.24, 2.45) is 0 Å². The van der Waals surface area contributed by atoms with Crippen LogP contribution in [0, 0.1) is 5.82 Å². The average molecular weight is 529 g/mol. The number of carbonyl (C=O) groups excluding carboxylic acids is 2. The predicted molar refractivity (Wildman–Crippen MR) is 146 cm³/mol. The molecule has 6 rings (SSSR count). The van der Waals surface area contributed by atoms with Gasteiger partial charge in [0.05, 0.1) is 22.3 Å². The van der Waals surface area contributed by atoms with Crippen LogP contribution in [0.2, 0.25) is 5.02 Å². The van der Waals surface area contributed by atoms with Crippen LogP contribution >= 0.6 is 22.9 Å². The zero-order valence-electron chi connectivity index (χ0n) is 19.7. The summed E-state index contributed by atoms with van der Waals surface area (Å²) in [6, 6.07) is 24.2. The Hall–Kier alpha value is -3.74. The van der Waals surface area contributed by atoms with Crippen molar-refractivity contribution in [2.75, 3.05) is 10.2 Å². The number of fused-ring (bicyclic) bond motifs is 1. The third-order valence-corrected chi connectivity index (χ3v) is 8.18. The Balaban J connectivity index is 1.57. The molecule has 37 heavy (non-hydrogen) atoms. The van der Waals surface area contributed by atoms with E-state index in [0.29, 0.717) is 33.1 Å². The van der Waals surface area contributed by atoms with Gasteiger partial charge in [-0.05, 0) is 65.2 Å². The summed E-state index contributed by atoms with van der Waals surface area (Å²) < 4.78 is 13.6. The first kappa shape index (κ1) is 23.6. The normalized spacial score (nSPS) is 19.1. The Morgan fingerprint density at radius 1 is 0.946 bits per heavy atom. The number of nitrogens with zero attached hydrogens (tertiary/aromatic N) is 1. The molecule has 0 saturated carbocycles. The van der Waals surface area contributed by atoms with Gasteiger partial charge in [-0.15, -0.1) is 11.3 Å². The van der Waals surface area contributed by atoms with Crippen molar-refractivity contribution in [3.63, 3.8) is 0 Å². The standard InChI is InChI=1S/C30H22ClFN2O2S/c31-22-7-2-1-6-21(22)29-28-24(16-19(17-26(28)35)18-11-13-20(32)14-12-18)33-23-8-3-4-9-25(23)34(29)30(36)27-10-5-15-37-27/h1-15,19,29,33H,16-17H2/t19-,29-/m1/s1. The van der Waals surface area contributed by atoms with Gasteiger partial charge >= 0.3 is 0 Å². The van der Waals surface area contributed by atoms with E-state index < -0.39 is 6.04 Å². The summed E-state index contributed by atoms with van der Waals surface area (Å²) in [5.41, 5.74) is 4.29. The lowest BCUT2D eigenvalue weighted by atomic mass is 9.78. The highest BCUT2D eigenvalue weighted by atomic mass is 35.5. The fourth-order valence-corrected chi connectivity index (χ4v) is 6.19. The van der Waals surface area contributed by atoms with E-state index in [1.54, 1.807) is 29.2 Å². The van der Waals surface area contributed by atoms with Crippen LogP contribution in [0.3, 0.4) is 0 Å². The Kier molecular flexibility index (Phi) is 6.14. The molecule has 1 aliphatic carbocycles. The van der Waals surface area contributed by atoms with Crippen molar-refractivity contribution < 1.29 is 14.0 Å². The molecule has 3 aromatic carbocycles. The molecule has 0 saturated heterocycles. The van der Waals surface area contributed by atoms with Crippen molar-refractivity contribution in [1.29, 1.82) is 0 Å². The molecule has 1 aliphatic heterocycles. The average Bonchev–Trinajstić information content (AvgIpc) is 3.39. The van der Waals surface area contributed by atoms with E-state index in [1.807, 2.05) is 53.9 Å². The number of nitrogens with one attached hydrogen (secondary N) is 1. The Labute approximate surface area is 223 Å². The number of thiophene rings is 1. The molecule has 0 radical (unpaired) electrons. The fraction of sp³-hybridized carbons (Fsp3) is 0.133. The van der Waals surface area contributed by atoms with Gasteiger partial charge < -0.3 is 5.32 Å². The molecular formula is C30H22ClFN2O2S. The molecule has 4 nitrogen and oxygen atoms in total. The minimum absolute atomic E-state index is 0.0650. The van der Waals surface area contributed by atoms with Crippen LogP contribution in [0.4, 0.5) is 15.8 Å². The number of halogens is 2. The molecule has 7 heteroatoms. The first-order valence-corrected chi connectivity index (χ1v) is 13.3. The van der Waals surface area contributed by atoms with Crippen LogP contribution in [0.1, 0.15) is 45.6 Å². The Morgan fingerprint density at radius 2 is 1.70 bits per heavy atom. The number of allylic oxidation sites excluding steroid dienone is 1. The fourth-order valence-electron chi connectivity index (χ4n) is 5.29. The number of amides is 1. The van der Waals surface area contributed by atoms with E-state index in [4.69, 9.17) is 11.6 Å². The monoisotopic (exact) mass is 528 g/mol. The van der Waals surface area contributed by atoms with Crippen molar-refractivity contribution in [1.82, 2.24) is 0 Å². The van der Waals surface area contributed by atoms with E-state index in [0.717, 1.165) is 16.9 Å². The second-order valence-electron chi connectivity index (χ2n) is 9.19. The predicted octanol–water partition coefficient (Wildman–Crippen LogP) is 7.76. The number of rotatable bonds is 3. The molecule has 0 bridgehead atoms. The molecule has 1 N–H and O–H groups in total. The van der Waals surface area contributed by atoms with Gasteiger partial charge in [-0.25, -0.2) is 4.39 Å². The number of Topliss-reactive ketones (excluding diaryl/α,β-unsaturated/α-hetero) is 1. The number of benzene rings is 3. The lowest BCUT2D eigenvalue weighted by molar-refractivity contribution is -0.116. The van der Waals surface area contributed by atoms with Crippen LogP contribution in [0.25, 0.3) is 0 Å². The maximum atomic E-state index is 14.1. The van der Waals surface area contributed by atoms with Gasteiger partial charge in [0.15, 0.2) is 5.78 Å². The summed E-state index contributed by atoms with van der Waals surface area (Å²) in [4.78, 5) is 30.3. The third kappa shape index (κ3) is 4.26. The van der Waals surface area contributed by atoms with Crippen LogP contribution in [0.5, 0.6) is 0 Å². The van der Waals surface area contributed by atoms with E-state index in [1.165, 1.54) is 23.5 Å². The summed E-state index contributed by atoms with van der Waals surface area (Å²) in [5.74, 6) is -0.687. The minimum atomic E-state index is -0.712. The van der Waals surface area contributed by atoms with Gasteiger partial charge in [-0.3, -0.25) is 14.5 Å². The zero-order valence-corrected chi connectivity index (χ0v) is 21.2. The van der Waals surface area contributed by atoms with Gasteiger partial charge in [0.2, 0.25) is 0 Å². The molecule has 2 atom stereocenters. The summed E-state index contributed by atoms with van der Waals surface area (Å²) in [6.07, 6.45) is 0.799. The lowest BCUT2D eigenvalue weighted by Crippen LogP contribution is -2.38. The highest BCUT2D eigenvalue weighted by molar-refractivity contribution is 7.12. The molecule has 184 valence electrons. The smallest absolute Gasteiger partial charge is 0.269 e. The van der Waals surface area contributed by atoms with Crippen LogP contribution in [-0.4, -0.2) is 11.7 Å². The number of hydrogen-bond donors (Lipinski definition) is 1. The highest BCUT2D eigenvalue weighted by Gasteiger charge is 2.42. The van der Waals surface area contributed by atoms with Crippen LogP contribution < -0.4 is 10.2 Å². The van der Waals surface area contributed by atoms with Crippen molar-refractivity contribution in [3.8, 4) is 0 Å². The summed E-state index contributed by atoms with van der Waals surface area (Å²) >= 11 is 8.09. The molecule has 0 spiro atoms. The molecule has 1 aromatic heterocycles. The largest absolute Gasteiger partial charge is 0.357 e. The van der Waals surface area contributed by atoms with Gasteiger partial charge in [0, 0.05) is 22.7 Å². The molecular weight excluding hydrogens is 507 g/mol. The quantitative estimate of drug-likeness (QED) is 0.295. The van der Waals surface area contributed by atoms with E-state index in [-0.39, 0.29) is 29.8 Å². The summed E-state index contributed by atoms with van der Waals surface area (Å²) in [5, 5.41) is 5.85. The van der Waals surface area contributed by atoms with E-state index in [2.05, 4.69) is 5.32 Å². The highest BCUT2D eigenvalue weighted by Crippen LogP contribution is 2.49. The number of ketones is 1. The maximum absolute atomic E-state index is 14.1. The molecule has 2 heterocycles. The third-order valence-electron chi connectivity index (χ3n) is 6.98. The van der Waals surface area contributed by atoms with E-state index >= 15 is 0 Å². The molecule has 4 aromatic rings. The SMILES string of the molecule is O=C1C[C@H](c2ccc(F)cc2)CC2=C1[C@@H](c1ccccc1Cl)N(C(=O)c1cccs1)c1ccccc1N2. The van der Waals surface area contributed by atoms with Gasteiger partial charge in [0.25, 0.3) is 5.91 Å². The topological polar surface area (TPSA) is 49.4 Å². The van der Waals surface area contributed by atoms with Crippen molar-refractivity contribution in [3.05, 3.63) is 128 Å². The molecule has 1 amide bonds. The van der Waals surface area contributed by atoms with Crippen molar-refractivity contribution in [2.45, 2.75) is 24.8 Å². The van der Waals surface area contributed by atoms with Crippen LogP contribution in [-0.2, 0) is 4.79 Å². The Bertz CT molecular complexity index is 1530. The zero-order chi connectivity index (χ0) is 25.5. The first-order chi connectivity index (χ1) is 18.0. The summed E-state index contributed by atoms with van der Waals surface area (Å²) in [6.45, 7) is 0. The number of anilines is 2.